The lowest BCUT2D eigenvalue weighted by Crippen LogP contribution is -2.37. The molecular weight excluding hydrogens is 226 g/mol. The van der Waals surface area contributed by atoms with Gasteiger partial charge in [-0.25, -0.2) is 0 Å². The maximum absolute atomic E-state index is 9.59. The number of thioether (sulfide) groups is 1. The standard InChI is InChI=1S/C11H25NO3S/c1-4-14-5-6-15-8-11(13)7-12-10(2)9-16-3/h10-13H,4-9H2,1-3H3. The van der Waals surface area contributed by atoms with Crippen molar-refractivity contribution in [3.8, 4) is 0 Å². The molecule has 5 heteroatoms. The first-order valence-electron chi connectivity index (χ1n) is 5.76. The van der Waals surface area contributed by atoms with Gasteiger partial charge in [-0.1, -0.05) is 0 Å². The lowest BCUT2D eigenvalue weighted by molar-refractivity contribution is 0.00605. The second-order valence-corrected chi connectivity index (χ2v) is 4.60. The van der Waals surface area contributed by atoms with Crippen molar-refractivity contribution >= 4 is 11.8 Å². The molecule has 0 aromatic carbocycles. The number of nitrogens with one attached hydrogen (secondary N) is 1. The third-order valence-electron chi connectivity index (χ3n) is 2.00. The molecule has 16 heavy (non-hydrogen) atoms. The van der Waals surface area contributed by atoms with Crippen molar-refractivity contribution in [2.45, 2.75) is 26.0 Å². The van der Waals surface area contributed by atoms with Crippen molar-refractivity contribution in [3.63, 3.8) is 0 Å². The maximum Gasteiger partial charge on any atom is 0.0897 e. The molecule has 0 fully saturated rings. The molecule has 2 unspecified atom stereocenters. The number of aliphatic hydroxyl groups excluding tert-OH is 1. The van der Waals surface area contributed by atoms with E-state index in [2.05, 4.69) is 18.5 Å². The van der Waals surface area contributed by atoms with Crippen molar-refractivity contribution in [2.75, 3.05) is 45.0 Å². The van der Waals surface area contributed by atoms with Crippen LogP contribution in [0.2, 0.25) is 0 Å². The average Bonchev–Trinajstić information content (AvgIpc) is 2.26. The molecule has 0 aliphatic rings. The van der Waals surface area contributed by atoms with E-state index in [4.69, 9.17) is 9.47 Å². The van der Waals surface area contributed by atoms with Crippen LogP contribution in [-0.2, 0) is 9.47 Å². The highest BCUT2D eigenvalue weighted by Gasteiger charge is 2.06. The zero-order chi connectivity index (χ0) is 12.2. The average molecular weight is 251 g/mol. The van der Waals surface area contributed by atoms with Crippen LogP contribution in [0.3, 0.4) is 0 Å². The van der Waals surface area contributed by atoms with Crippen LogP contribution in [0.4, 0.5) is 0 Å². The van der Waals surface area contributed by atoms with Crippen LogP contribution in [0.5, 0.6) is 0 Å². The summed E-state index contributed by atoms with van der Waals surface area (Å²) < 4.78 is 10.4. The van der Waals surface area contributed by atoms with Gasteiger partial charge < -0.3 is 19.9 Å². The van der Waals surface area contributed by atoms with Crippen LogP contribution in [0, 0.1) is 0 Å². The number of hydrogen-bond acceptors (Lipinski definition) is 5. The highest BCUT2D eigenvalue weighted by atomic mass is 32.2. The van der Waals surface area contributed by atoms with E-state index in [1.807, 2.05) is 6.92 Å². The molecule has 0 radical (unpaired) electrons. The smallest absolute Gasteiger partial charge is 0.0897 e. The summed E-state index contributed by atoms with van der Waals surface area (Å²) in [4.78, 5) is 0. The fourth-order valence-electron chi connectivity index (χ4n) is 1.19. The second kappa shape index (κ2) is 11.7. The Labute approximate surface area is 103 Å². The molecule has 2 atom stereocenters. The van der Waals surface area contributed by atoms with E-state index in [-0.39, 0.29) is 0 Å². The molecule has 0 rings (SSSR count). The monoisotopic (exact) mass is 251 g/mol. The fraction of sp³-hybridized carbons (Fsp3) is 1.00. The van der Waals surface area contributed by atoms with Gasteiger partial charge in [0.2, 0.25) is 0 Å². The van der Waals surface area contributed by atoms with E-state index in [9.17, 15) is 5.11 Å². The van der Waals surface area contributed by atoms with Crippen LogP contribution in [-0.4, -0.2) is 62.2 Å². The summed E-state index contributed by atoms with van der Waals surface area (Å²) in [6, 6.07) is 0.424. The number of ether oxygens (including phenoxy) is 2. The Hall–Kier alpha value is 0.190. The van der Waals surface area contributed by atoms with Gasteiger partial charge in [0, 0.05) is 24.9 Å². The maximum atomic E-state index is 9.59. The molecule has 0 heterocycles. The number of aliphatic hydroxyl groups is 1. The predicted molar refractivity (Wildman–Crippen MR) is 69.2 cm³/mol. The SMILES string of the molecule is CCOCCOCC(O)CNC(C)CSC. The summed E-state index contributed by atoms with van der Waals surface area (Å²) in [5.74, 6) is 1.05. The van der Waals surface area contributed by atoms with E-state index in [0.29, 0.717) is 39.0 Å². The van der Waals surface area contributed by atoms with Gasteiger partial charge in [0.1, 0.15) is 0 Å². The highest BCUT2D eigenvalue weighted by Crippen LogP contribution is 1.96. The van der Waals surface area contributed by atoms with E-state index in [0.717, 1.165) is 5.75 Å². The summed E-state index contributed by atoms with van der Waals surface area (Å²) in [7, 11) is 0. The topological polar surface area (TPSA) is 50.7 Å². The largest absolute Gasteiger partial charge is 0.389 e. The summed E-state index contributed by atoms with van der Waals surface area (Å²) in [6.07, 6.45) is 1.64. The highest BCUT2D eigenvalue weighted by molar-refractivity contribution is 7.98. The molecule has 2 N–H and O–H groups in total. The lowest BCUT2D eigenvalue weighted by Gasteiger charge is -2.16. The number of hydrogen-bond donors (Lipinski definition) is 2. The summed E-state index contributed by atoms with van der Waals surface area (Å²) in [5.41, 5.74) is 0. The summed E-state index contributed by atoms with van der Waals surface area (Å²) in [6.45, 7) is 6.86. The van der Waals surface area contributed by atoms with Crippen LogP contribution < -0.4 is 5.32 Å². The molecule has 0 saturated carbocycles. The Morgan fingerprint density at radius 3 is 2.62 bits per heavy atom. The van der Waals surface area contributed by atoms with Crippen LogP contribution in [0.1, 0.15) is 13.8 Å². The molecule has 4 nitrogen and oxygen atoms in total. The Bertz CT molecular complexity index is 149. The Kier molecular flexibility index (Phi) is 11.8. The minimum absolute atomic E-state index is 0.367. The van der Waals surface area contributed by atoms with Gasteiger partial charge in [0.15, 0.2) is 0 Å². The molecule has 0 amide bonds. The molecular formula is C11H25NO3S. The minimum atomic E-state index is -0.439. The number of rotatable bonds is 11. The molecule has 0 spiro atoms. The van der Waals surface area contributed by atoms with E-state index in [1.54, 1.807) is 11.8 Å². The van der Waals surface area contributed by atoms with Crippen LogP contribution in [0.25, 0.3) is 0 Å². The van der Waals surface area contributed by atoms with Crippen molar-refractivity contribution in [1.82, 2.24) is 5.32 Å². The third-order valence-corrected chi connectivity index (χ3v) is 2.84. The van der Waals surface area contributed by atoms with Gasteiger partial charge in [-0.2, -0.15) is 11.8 Å². The molecule has 0 aliphatic heterocycles. The van der Waals surface area contributed by atoms with E-state index >= 15 is 0 Å². The summed E-state index contributed by atoms with van der Waals surface area (Å²) in [5, 5.41) is 12.8. The molecule has 0 aliphatic carbocycles. The zero-order valence-corrected chi connectivity index (χ0v) is 11.4. The van der Waals surface area contributed by atoms with Crippen molar-refractivity contribution in [3.05, 3.63) is 0 Å². The molecule has 0 aromatic rings. The molecule has 0 saturated heterocycles. The predicted octanol–water partition coefficient (Wildman–Crippen LogP) is 0.742. The third kappa shape index (κ3) is 10.7. The van der Waals surface area contributed by atoms with Crippen molar-refractivity contribution in [1.29, 1.82) is 0 Å². The molecule has 0 bridgehead atoms. The van der Waals surface area contributed by atoms with Crippen LogP contribution >= 0.6 is 11.8 Å². The van der Waals surface area contributed by atoms with Gasteiger partial charge in [0.25, 0.3) is 0 Å². The fourth-order valence-corrected chi connectivity index (χ4v) is 1.80. The first kappa shape index (κ1) is 16.2. The summed E-state index contributed by atoms with van der Waals surface area (Å²) >= 11 is 1.80. The minimum Gasteiger partial charge on any atom is -0.389 e. The van der Waals surface area contributed by atoms with Gasteiger partial charge in [-0.15, -0.1) is 0 Å². The normalized spacial score (nSPS) is 15.0. The van der Waals surface area contributed by atoms with Crippen LogP contribution in [0.15, 0.2) is 0 Å². The van der Waals surface area contributed by atoms with Gasteiger partial charge >= 0.3 is 0 Å². The lowest BCUT2D eigenvalue weighted by atomic mass is 10.3. The first-order valence-corrected chi connectivity index (χ1v) is 7.16. The van der Waals surface area contributed by atoms with Gasteiger partial charge in [0.05, 0.1) is 25.9 Å². The zero-order valence-electron chi connectivity index (χ0n) is 10.6. The Balaban J connectivity index is 3.27. The van der Waals surface area contributed by atoms with E-state index in [1.165, 1.54) is 0 Å². The Morgan fingerprint density at radius 2 is 2.00 bits per heavy atom. The second-order valence-electron chi connectivity index (χ2n) is 3.69. The Morgan fingerprint density at radius 1 is 1.31 bits per heavy atom. The van der Waals surface area contributed by atoms with E-state index < -0.39 is 6.10 Å². The molecule has 98 valence electrons. The quantitative estimate of drug-likeness (QED) is 0.531. The van der Waals surface area contributed by atoms with Crippen molar-refractivity contribution < 1.29 is 14.6 Å². The van der Waals surface area contributed by atoms with Crippen molar-refractivity contribution in [2.24, 2.45) is 0 Å². The first-order chi connectivity index (χ1) is 7.70. The molecule has 0 aromatic heterocycles. The van der Waals surface area contributed by atoms with Gasteiger partial charge in [-0.3, -0.25) is 0 Å². The van der Waals surface area contributed by atoms with Gasteiger partial charge in [-0.05, 0) is 20.1 Å².